The first-order valence-corrected chi connectivity index (χ1v) is 24.6. The first-order valence-electron chi connectivity index (χ1n) is 24.6. The van der Waals surface area contributed by atoms with E-state index >= 15 is 0 Å². The van der Waals surface area contributed by atoms with Gasteiger partial charge in [-0.2, -0.15) is 0 Å². The van der Waals surface area contributed by atoms with Crippen molar-refractivity contribution >= 4 is 28.5 Å². The van der Waals surface area contributed by atoms with Crippen LogP contribution in [0.15, 0.2) is 133 Å². The Kier molecular flexibility index (Phi) is 14.4. The average molecular weight is 912 g/mol. The Morgan fingerprint density at radius 2 is 1.38 bits per heavy atom. The van der Waals surface area contributed by atoms with Crippen molar-refractivity contribution in [3.05, 3.63) is 161 Å². The highest BCUT2D eigenvalue weighted by atomic mass is 16.6. The van der Waals surface area contributed by atoms with E-state index in [2.05, 4.69) is 141 Å². The largest absolute Gasteiger partial charge is 0.495 e. The van der Waals surface area contributed by atoms with Gasteiger partial charge in [-0.25, -0.2) is 4.79 Å². The van der Waals surface area contributed by atoms with E-state index in [9.17, 15) is 4.79 Å². The van der Waals surface area contributed by atoms with E-state index in [1.807, 2.05) is 12.1 Å². The van der Waals surface area contributed by atoms with Crippen LogP contribution in [0.4, 0.5) is 5.69 Å². The molecule has 8 heteroatoms. The predicted octanol–water partition coefficient (Wildman–Crippen LogP) is 13.3. The Bertz CT molecular complexity index is 2750. The van der Waals surface area contributed by atoms with Crippen LogP contribution in [0.25, 0.3) is 39.1 Å². The lowest BCUT2D eigenvalue weighted by Gasteiger charge is -2.40. The third-order valence-electron chi connectivity index (χ3n) is 13.9. The SMILES string of the molecule is C=C(C)C(=O)OCCOCCOCCOc1ccc(C2(c3ccccc3)C=Cc3c4c(c5cc(N6CCCCC6)c(OC)cc5c3O2)-c2ccc(-c3ccccc3)cc2C4(CCC)CCC)cc1. The molecule has 8 nitrogen and oxygen atoms in total. The number of benzene rings is 6. The summed E-state index contributed by atoms with van der Waals surface area (Å²) in [6, 6.07) is 41.6. The van der Waals surface area contributed by atoms with Gasteiger partial charge in [0.15, 0.2) is 5.60 Å². The van der Waals surface area contributed by atoms with Gasteiger partial charge < -0.3 is 33.3 Å². The molecule has 1 aliphatic carbocycles. The Labute approximate surface area is 402 Å². The normalized spacial score (nSPS) is 16.7. The summed E-state index contributed by atoms with van der Waals surface area (Å²) >= 11 is 0. The van der Waals surface area contributed by atoms with Crippen molar-refractivity contribution < 1.29 is 33.2 Å². The molecule has 1 atom stereocenters. The number of ether oxygens (including phenoxy) is 6. The summed E-state index contributed by atoms with van der Waals surface area (Å²) in [5.74, 6) is 2.08. The van der Waals surface area contributed by atoms with Crippen molar-refractivity contribution in [1.29, 1.82) is 0 Å². The molecular weight excluding hydrogens is 847 g/mol. The van der Waals surface area contributed by atoms with E-state index in [0.717, 1.165) is 83.8 Å². The molecule has 2 heterocycles. The zero-order chi connectivity index (χ0) is 47.1. The van der Waals surface area contributed by atoms with Crippen molar-refractivity contribution in [2.45, 2.75) is 76.7 Å². The molecule has 2 aliphatic heterocycles. The fourth-order valence-electron chi connectivity index (χ4n) is 10.9. The number of fused-ring (bicyclic) bond motifs is 8. The molecule has 0 amide bonds. The van der Waals surface area contributed by atoms with Gasteiger partial charge >= 0.3 is 5.97 Å². The second-order valence-corrected chi connectivity index (χ2v) is 18.4. The summed E-state index contributed by atoms with van der Waals surface area (Å²) < 4.78 is 36.6. The topological polar surface area (TPSA) is 75.7 Å². The molecule has 1 fully saturated rings. The van der Waals surface area contributed by atoms with Gasteiger partial charge in [0.05, 0.1) is 39.2 Å². The van der Waals surface area contributed by atoms with Crippen LogP contribution >= 0.6 is 0 Å². The minimum Gasteiger partial charge on any atom is -0.495 e. The predicted molar refractivity (Wildman–Crippen MR) is 274 cm³/mol. The molecular formula is C60H65NO7. The molecule has 0 N–H and O–H groups in total. The molecule has 68 heavy (non-hydrogen) atoms. The van der Waals surface area contributed by atoms with Crippen LogP contribution in [0.1, 0.15) is 93.5 Å². The van der Waals surface area contributed by atoms with Gasteiger partial charge in [0.1, 0.15) is 30.5 Å². The van der Waals surface area contributed by atoms with Crippen LogP contribution in [-0.2, 0) is 30.0 Å². The van der Waals surface area contributed by atoms with Crippen molar-refractivity contribution in [3.63, 3.8) is 0 Å². The zero-order valence-corrected chi connectivity index (χ0v) is 40.2. The maximum absolute atomic E-state index is 11.5. The number of piperidine rings is 1. The third-order valence-corrected chi connectivity index (χ3v) is 13.9. The molecule has 0 spiro atoms. The summed E-state index contributed by atoms with van der Waals surface area (Å²) in [5.41, 5.74) is 11.5. The molecule has 1 unspecified atom stereocenters. The van der Waals surface area contributed by atoms with Crippen molar-refractivity contribution in [1.82, 2.24) is 0 Å². The number of hydrogen-bond donors (Lipinski definition) is 0. The molecule has 1 saturated heterocycles. The average Bonchev–Trinajstić information content (AvgIpc) is 3.66. The van der Waals surface area contributed by atoms with E-state index in [4.69, 9.17) is 28.4 Å². The Morgan fingerprint density at radius 1 is 0.721 bits per heavy atom. The number of carbonyl (C=O) groups excluding carboxylic acids is 1. The highest BCUT2D eigenvalue weighted by Gasteiger charge is 2.48. The Balaban J connectivity index is 1.10. The fraction of sp³-hybridized carbons (Fsp3) is 0.350. The number of anilines is 1. The number of hydrogen-bond acceptors (Lipinski definition) is 8. The van der Waals surface area contributed by atoms with Gasteiger partial charge in [-0.1, -0.05) is 124 Å². The van der Waals surface area contributed by atoms with Gasteiger partial charge in [0.2, 0.25) is 0 Å². The Hall–Kier alpha value is -6.35. The van der Waals surface area contributed by atoms with Gasteiger partial charge in [-0.3, -0.25) is 0 Å². The second kappa shape index (κ2) is 20.9. The van der Waals surface area contributed by atoms with E-state index in [1.54, 1.807) is 14.0 Å². The number of esters is 1. The van der Waals surface area contributed by atoms with Crippen LogP contribution in [0.2, 0.25) is 0 Å². The minimum absolute atomic E-state index is 0.181. The molecule has 6 aromatic carbocycles. The summed E-state index contributed by atoms with van der Waals surface area (Å²) in [7, 11) is 1.80. The quantitative estimate of drug-likeness (QED) is 0.0426. The maximum atomic E-state index is 11.5. The molecule has 0 saturated carbocycles. The summed E-state index contributed by atoms with van der Waals surface area (Å²) in [6.07, 6.45) is 12.4. The highest BCUT2D eigenvalue weighted by Crippen LogP contribution is 2.62. The number of rotatable bonds is 20. The molecule has 352 valence electrons. The van der Waals surface area contributed by atoms with Crippen LogP contribution < -0.4 is 19.1 Å². The summed E-state index contributed by atoms with van der Waals surface area (Å²) in [6.45, 7) is 14.0. The van der Waals surface area contributed by atoms with Gasteiger partial charge in [0, 0.05) is 46.2 Å². The van der Waals surface area contributed by atoms with Crippen molar-refractivity contribution in [2.75, 3.05) is 64.7 Å². The van der Waals surface area contributed by atoms with Crippen LogP contribution in [0.3, 0.4) is 0 Å². The minimum atomic E-state index is -0.942. The zero-order valence-electron chi connectivity index (χ0n) is 40.2. The molecule has 0 bridgehead atoms. The highest BCUT2D eigenvalue weighted by molar-refractivity contribution is 6.10. The lowest BCUT2D eigenvalue weighted by molar-refractivity contribution is -0.140. The smallest absolute Gasteiger partial charge is 0.333 e. The van der Waals surface area contributed by atoms with E-state index in [0.29, 0.717) is 38.6 Å². The van der Waals surface area contributed by atoms with Crippen LogP contribution in [0.5, 0.6) is 17.2 Å². The monoisotopic (exact) mass is 911 g/mol. The molecule has 6 aromatic rings. The summed E-state index contributed by atoms with van der Waals surface area (Å²) in [5, 5.41) is 2.27. The number of carbonyl (C=O) groups is 1. The van der Waals surface area contributed by atoms with Gasteiger partial charge in [-0.15, -0.1) is 0 Å². The lowest BCUT2D eigenvalue weighted by atomic mass is 9.69. The number of nitrogens with zero attached hydrogens (tertiary/aromatic N) is 1. The van der Waals surface area contributed by atoms with Gasteiger partial charge in [0.25, 0.3) is 0 Å². The van der Waals surface area contributed by atoms with Crippen molar-refractivity contribution in [3.8, 4) is 39.5 Å². The number of methoxy groups -OCH3 is 1. The lowest BCUT2D eigenvalue weighted by Crippen LogP contribution is -2.35. The molecule has 9 rings (SSSR count). The Morgan fingerprint density at radius 3 is 2.06 bits per heavy atom. The molecule has 0 aromatic heterocycles. The van der Waals surface area contributed by atoms with E-state index in [-0.39, 0.29) is 12.0 Å². The van der Waals surface area contributed by atoms with Crippen molar-refractivity contribution in [2.24, 2.45) is 0 Å². The second-order valence-electron chi connectivity index (χ2n) is 18.4. The van der Waals surface area contributed by atoms with E-state index in [1.165, 1.54) is 58.0 Å². The van der Waals surface area contributed by atoms with E-state index < -0.39 is 11.6 Å². The van der Waals surface area contributed by atoms with Crippen LogP contribution in [0, 0.1) is 0 Å². The third kappa shape index (κ3) is 9.04. The van der Waals surface area contributed by atoms with Crippen LogP contribution in [-0.4, -0.2) is 65.8 Å². The maximum Gasteiger partial charge on any atom is 0.333 e. The fourth-order valence-corrected chi connectivity index (χ4v) is 10.9. The van der Waals surface area contributed by atoms with Gasteiger partial charge in [-0.05, 0) is 114 Å². The molecule has 0 radical (unpaired) electrons. The first kappa shape index (κ1) is 46.7. The standard InChI is InChI=1S/C60H65NO7/c1-6-28-59(29-7-2)52-39-44(43-17-11-8-12-18-43)21-26-48(52)55-50-40-53(61-31-15-10-16-32-61)54(63-5)41-51(50)57-49(56(55)59)27-30-60(68-57,45-19-13-9-14-20-45)46-22-24-47(25-23-46)66-37-35-64-33-34-65-36-38-67-58(62)42(3)4/h8-9,11-14,17-27,30,39-41H,3,6-7,10,15-16,28-29,31-38H2,1-2,4-5H3. The first-order chi connectivity index (χ1) is 33.3. The summed E-state index contributed by atoms with van der Waals surface area (Å²) in [4.78, 5) is 14.1. The molecule has 3 aliphatic rings.